The molecule has 0 aromatic rings. The number of ketones is 1. The van der Waals surface area contributed by atoms with E-state index in [9.17, 15) is 4.79 Å². The fourth-order valence-corrected chi connectivity index (χ4v) is 2.41. The number of hydrogen-bond acceptors (Lipinski definition) is 1. The summed E-state index contributed by atoms with van der Waals surface area (Å²) in [7, 11) is 0. The lowest BCUT2D eigenvalue weighted by Gasteiger charge is -2.02. The molecule has 1 aliphatic carbocycles. The van der Waals surface area contributed by atoms with Crippen molar-refractivity contribution in [3.63, 3.8) is 0 Å². The molecule has 1 atom stereocenters. The summed E-state index contributed by atoms with van der Waals surface area (Å²) in [6.07, 6.45) is 20.8. The molecule has 0 aromatic heterocycles. The van der Waals surface area contributed by atoms with Crippen molar-refractivity contribution >= 4 is 5.78 Å². The molecule has 0 aliphatic heterocycles. The smallest absolute Gasteiger partial charge is 0.159 e. The summed E-state index contributed by atoms with van der Waals surface area (Å²) >= 11 is 0. The lowest BCUT2D eigenvalue weighted by molar-refractivity contribution is -0.117. The summed E-state index contributed by atoms with van der Waals surface area (Å²) in [6, 6.07) is 0. The average molecular weight is 248 g/mol. The van der Waals surface area contributed by atoms with Crippen molar-refractivity contribution in [1.29, 1.82) is 0 Å². The minimum atomic E-state index is 0.246. The molecule has 102 valence electrons. The average Bonchev–Trinajstić information content (AvgIpc) is 2.77. The van der Waals surface area contributed by atoms with Gasteiger partial charge in [-0.25, -0.2) is 0 Å². The molecule has 18 heavy (non-hydrogen) atoms. The summed E-state index contributed by atoms with van der Waals surface area (Å²) < 4.78 is 0. The number of carbonyl (C=O) groups is 1. The summed E-state index contributed by atoms with van der Waals surface area (Å²) in [5.74, 6) is 0.561. The van der Waals surface area contributed by atoms with E-state index in [-0.39, 0.29) is 5.92 Å². The Kier molecular flexibility index (Phi) is 8.54. The molecule has 0 spiro atoms. The van der Waals surface area contributed by atoms with Gasteiger partial charge in [0.05, 0.1) is 0 Å². The SMILES string of the molecule is CCCCCCCCC/C=C\CC1CC=CC1=O. The molecule has 1 nitrogen and oxygen atoms in total. The Balaban J connectivity index is 1.87. The molecular formula is C17H28O. The summed E-state index contributed by atoms with van der Waals surface area (Å²) in [5, 5.41) is 0. The molecule has 0 radical (unpaired) electrons. The first-order chi connectivity index (χ1) is 8.84. The second-order valence-electron chi connectivity index (χ2n) is 5.35. The Bertz CT molecular complexity index is 275. The van der Waals surface area contributed by atoms with E-state index in [1.54, 1.807) is 6.08 Å². The van der Waals surface area contributed by atoms with E-state index in [4.69, 9.17) is 0 Å². The number of carbonyl (C=O) groups excluding carboxylic acids is 1. The molecule has 1 unspecified atom stereocenters. The Morgan fingerprint density at radius 2 is 1.83 bits per heavy atom. The first-order valence-electron chi connectivity index (χ1n) is 7.70. The minimum Gasteiger partial charge on any atom is -0.295 e. The van der Waals surface area contributed by atoms with E-state index in [0.717, 1.165) is 12.8 Å². The Morgan fingerprint density at radius 1 is 1.11 bits per heavy atom. The largest absolute Gasteiger partial charge is 0.295 e. The van der Waals surface area contributed by atoms with Crippen molar-refractivity contribution < 1.29 is 4.79 Å². The van der Waals surface area contributed by atoms with E-state index in [1.807, 2.05) is 6.08 Å². The highest BCUT2D eigenvalue weighted by atomic mass is 16.1. The van der Waals surface area contributed by atoms with Gasteiger partial charge in [-0.1, -0.05) is 63.7 Å². The van der Waals surface area contributed by atoms with Crippen molar-refractivity contribution in [3.05, 3.63) is 24.3 Å². The first-order valence-corrected chi connectivity index (χ1v) is 7.70. The number of rotatable bonds is 10. The van der Waals surface area contributed by atoms with Crippen LogP contribution in [0.1, 0.15) is 71.1 Å². The Morgan fingerprint density at radius 3 is 2.50 bits per heavy atom. The van der Waals surface area contributed by atoms with Gasteiger partial charge in [-0.05, 0) is 31.8 Å². The lowest BCUT2D eigenvalue weighted by Crippen LogP contribution is -2.04. The van der Waals surface area contributed by atoms with Crippen molar-refractivity contribution in [3.8, 4) is 0 Å². The Hall–Kier alpha value is -0.850. The van der Waals surface area contributed by atoms with Gasteiger partial charge in [0.1, 0.15) is 0 Å². The Labute approximate surface area is 112 Å². The fourth-order valence-electron chi connectivity index (χ4n) is 2.41. The predicted octanol–water partition coefficient (Wildman–Crippen LogP) is 5.22. The lowest BCUT2D eigenvalue weighted by atomic mass is 10.0. The molecule has 0 saturated carbocycles. The summed E-state index contributed by atoms with van der Waals surface area (Å²) in [4.78, 5) is 11.3. The second-order valence-corrected chi connectivity index (χ2v) is 5.35. The van der Waals surface area contributed by atoms with E-state index in [0.29, 0.717) is 5.78 Å². The molecular weight excluding hydrogens is 220 g/mol. The molecule has 0 fully saturated rings. The van der Waals surface area contributed by atoms with Crippen molar-refractivity contribution in [1.82, 2.24) is 0 Å². The maximum atomic E-state index is 11.3. The highest BCUT2D eigenvalue weighted by Crippen LogP contribution is 2.18. The fraction of sp³-hybridized carbons (Fsp3) is 0.706. The number of unbranched alkanes of at least 4 members (excludes halogenated alkanes) is 7. The highest BCUT2D eigenvalue weighted by Gasteiger charge is 2.17. The molecule has 0 bridgehead atoms. The van der Waals surface area contributed by atoms with Gasteiger partial charge >= 0.3 is 0 Å². The van der Waals surface area contributed by atoms with Crippen LogP contribution in [0.5, 0.6) is 0 Å². The summed E-state index contributed by atoms with van der Waals surface area (Å²) in [6.45, 7) is 2.26. The van der Waals surface area contributed by atoms with Crippen molar-refractivity contribution in [2.75, 3.05) is 0 Å². The van der Waals surface area contributed by atoms with Crippen LogP contribution in [0, 0.1) is 5.92 Å². The maximum absolute atomic E-state index is 11.3. The second kappa shape index (κ2) is 10.1. The monoisotopic (exact) mass is 248 g/mol. The van der Waals surface area contributed by atoms with Gasteiger partial charge in [0.15, 0.2) is 5.78 Å². The molecule has 0 saturated heterocycles. The zero-order chi connectivity index (χ0) is 13.1. The molecule has 1 rings (SSSR count). The first kappa shape index (κ1) is 15.2. The van der Waals surface area contributed by atoms with Crippen molar-refractivity contribution in [2.45, 2.75) is 71.1 Å². The van der Waals surface area contributed by atoms with Crippen molar-refractivity contribution in [2.24, 2.45) is 5.92 Å². The zero-order valence-corrected chi connectivity index (χ0v) is 11.9. The van der Waals surface area contributed by atoms with Crippen LogP contribution < -0.4 is 0 Å². The molecule has 0 amide bonds. The van der Waals surface area contributed by atoms with E-state index in [1.165, 1.54) is 51.4 Å². The van der Waals surface area contributed by atoms with Gasteiger partial charge in [-0.2, -0.15) is 0 Å². The third-order valence-electron chi connectivity index (χ3n) is 3.67. The quantitative estimate of drug-likeness (QED) is 0.383. The van der Waals surface area contributed by atoms with Gasteiger partial charge < -0.3 is 0 Å². The molecule has 1 aliphatic rings. The van der Waals surface area contributed by atoms with Crippen LogP contribution in [-0.4, -0.2) is 5.78 Å². The minimum absolute atomic E-state index is 0.246. The zero-order valence-electron chi connectivity index (χ0n) is 11.9. The van der Waals surface area contributed by atoms with Crippen LogP contribution >= 0.6 is 0 Å². The van der Waals surface area contributed by atoms with Gasteiger partial charge in [0.2, 0.25) is 0 Å². The standard InChI is InChI=1S/C17H28O/c1-2-3-4-5-6-7-8-9-10-11-13-16-14-12-15-17(16)18/h10-12,15-16H,2-9,13-14H2,1H3/b11-10-. The van der Waals surface area contributed by atoms with Gasteiger partial charge in [-0.15, -0.1) is 0 Å². The third-order valence-corrected chi connectivity index (χ3v) is 3.67. The van der Waals surface area contributed by atoms with Crippen LogP contribution in [0.4, 0.5) is 0 Å². The van der Waals surface area contributed by atoms with E-state index >= 15 is 0 Å². The van der Waals surface area contributed by atoms with Crippen LogP contribution in [0.2, 0.25) is 0 Å². The van der Waals surface area contributed by atoms with Crippen LogP contribution in [0.25, 0.3) is 0 Å². The van der Waals surface area contributed by atoms with Gasteiger partial charge in [-0.3, -0.25) is 4.79 Å². The van der Waals surface area contributed by atoms with Gasteiger partial charge in [0.25, 0.3) is 0 Å². The van der Waals surface area contributed by atoms with Crippen LogP contribution in [0.3, 0.4) is 0 Å². The normalized spacial score (nSPS) is 19.2. The topological polar surface area (TPSA) is 17.1 Å². The maximum Gasteiger partial charge on any atom is 0.159 e. The highest BCUT2D eigenvalue weighted by molar-refractivity contribution is 5.94. The molecule has 0 N–H and O–H groups in total. The van der Waals surface area contributed by atoms with Crippen LogP contribution in [0.15, 0.2) is 24.3 Å². The number of hydrogen-bond donors (Lipinski definition) is 0. The predicted molar refractivity (Wildman–Crippen MR) is 78.6 cm³/mol. The number of allylic oxidation sites excluding steroid dienone is 4. The molecule has 0 heterocycles. The molecule has 0 aromatic carbocycles. The van der Waals surface area contributed by atoms with Gasteiger partial charge in [0, 0.05) is 5.92 Å². The van der Waals surface area contributed by atoms with E-state index in [2.05, 4.69) is 19.1 Å². The summed E-state index contributed by atoms with van der Waals surface area (Å²) in [5.41, 5.74) is 0. The molecule has 1 heteroatoms. The van der Waals surface area contributed by atoms with Crippen LogP contribution in [-0.2, 0) is 4.79 Å². The van der Waals surface area contributed by atoms with E-state index < -0.39 is 0 Å². The third kappa shape index (κ3) is 6.78.